The molecule has 0 amide bonds. The van der Waals surface area contributed by atoms with E-state index in [9.17, 15) is 0 Å². The first-order chi connectivity index (χ1) is 8.74. The van der Waals surface area contributed by atoms with Crippen LogP contribution in [-0.4, -0.2) is 30.6 Å². The predicted octanol–water partition coefficient (Wildman–Crippen LogP) is 3.18. The summed E-state index contributed by atoms with van der Waals surface area (Å²) in [6.07, 6.45) is 2.78. The highest BCUT2D eigenvalue weighted by atomic mass is 35.5. The number of hydrogen-bond donors (Lipinski definition) is 1. The smallest absolute Gasteiger partial charge is 0.0637 e. The van der Waals surface area contributed by atoms with Crippen LogP contribution in [-0.2, 0) is 6.54 Å². The summed E-state index contributed by atoms with van der Waals surface area (Å²) in [4.78, 5) is 2.48. The van der Waals surface area contributed by atoms with Gasteiger partial charge in [-0.25, -0.2) is 0 Å². The van der Waals surface area contributed by atoms with Crippen molar-refractivity contribution in [1.82, 2.24) is 10.2 Å². The van der Waals surface area contributed by atoms with E-state index in [0.717, 1.165) is 37.7 Å². The highest BCUT2D eigenvalue weighted by Crippen LogP contribution is 2.34. The monoisotopic (exact) mass is 284 g/mol. The van der Waals surface area contributed by atoms with Gasteiger partial charge in [0.25, 0.3) is 0 Å². The van der Waals surface area contributed by atoms with Crippen LogP contribution in [0.1, 0.15) is 18.4 Å². The lowest BCUT2D eigenvalue weighted by Crippen LogP contribution is -2.51. The molecule has 4 heteroatoms. The van der Waals surface area contributed by atoms with Gasteiger partial charge in [0.2, 0.25) is 0 Å². The Hall–Kier alpha value is -0.280. The molecule has 0 spiro atoms. The molecule has 1 unspecified atom stereocenters. The number of nitrogens with one attached hydrogen (secondary N) is 1. The Morgan fingerprint density at radius 2 is 2.11 bits per heavy atom. The fourth-order valence-corrected chi connectivity index (χ4v) is 3.09. The largest absolute Gasteiger partial charge is 0.311 e. The number of rotatable bonds is 3. The maximum absolute atomic E-state index is 6.25. The Bertz CT molecular complexity index is 432. The van der Waals surface area contributed by atoms with Crippen molar-refractivity contribution in [2.75, 3.05) is 19.6 Å². The second-order valence-electron chi connectivity index (χ2n) is 5.35. The second-order valence-corrected chi connectivity index (χ2v) is 6.13. The van der Waals surface area contributed by atoms with Crippen molar-refractivity contribution in [1.29, 1.82) is 0 Å². The van der Waals surface area contributed by atoms with Gasteiger partial charge in [-0.1, -0.05) is 35.3 Å². The minimum Gasteiger partial charge on any atom is -0.311 e. The van der Waals surface area contributed by atoms with Crippen LogP contribution >= 0.6 is 23.2 Å². The molecule has 2 nitrogen and oxygen atoms in total. The SMILES string of the molecule is Clc1cccc(CN2CCNC(C3CC3)C2)c1Cl. The van der Waals surface area contributed by atoms with E-state index in [-0.39, 0.29) is 0 Å². The number of benzene rings is 1. The molecule has 98 valence electrons. The molecule has 2 fully saturated rings. The molecule has 1 heterocycles. The average molecular weight is 285 g/mol. The second kappa shape index (κ2) is 5.38. The summed E-state index contributed by atoms with van der Waals surface area (Å²) in [6.45, 7) is 4.21. The first-order valence-corrected chi connectivity index (χ1v) is 7.38. The summed E-state index contributed by atoms with van der Waals surface area (Å²) in [5, 5.41) is 4.99. The van der Waals surface area contributed by atoms with E-state index in [4.69, 9.17) is 23.2 Å². The highest BCUT2D eigenvalue weighted by Gasteiger charge is 2.33. The van der Waals surface area contributed by atoms with Gasteiger partial charge in [-0.15, -0.1) is 0 Å². The van der Waals surface area contributed by atoms with Gasteiger partial charge in [0.05, 0.1) is 10.0 Å². The molecule has 18 heavy (non-hydrogen) atoms. The lowest BCUT2D eigenvalue weighted by atomic mass is 10.1. The quantitative estimate of drug-likeness (QED) is 0.917. The normalized spacial score (nSPS) is 25.3. The molecule has 3 rings (SSSR count). The van der Waals surface area contributed by atoms with Crippen molar-refractivity contribution in [3.8, 4) is 0 Å². The Labute approximate surface area is 118 Å². The molecule has 1 atom stereocenters. The zero-order valence-electron chi connectivity index (χ0n) is 10.3. The van der Waals surface area contributed by atoms with E-state index in [1.54, 1.807) is 0 Å². The summed E-state index contributed by atoms with van der Waals surface area (Å²) in [5.74, 6) is 0.905. The van der Waals surface area contributed by atoms with Crippen molar-refractivity contribution >= 4 is 23.2 Å². The Kier molecular flexibility index (Phi) is 3.81. The standard InChI is InChI=1S/C14H18Cl2N2/c15-12-3-1-2-11(14(12)16)8-18-7-6-17-13(9-18)10-4-5-10/h1-3,10,13,17H,4-9H2. The van der Waals surface area contributed by atoms with Crippen molar-refractivity contribution < 1.29 is 0 Å². The fourth-order valence-electron chi connectivity index (χ4n) is 2.71. The maximum atomic E-state index is 6.25. The molecule has 1 N–H and O–H groups in total. The zero-order valence-corrected chi connectivity index (χ0v) is 11.8. The fraction of sp³-hybridized carbons (Fsp3) is 0.571. The third kappa shape index (κ3) is 2.83. The molecule has 1 saturated carbocycles. The maximum Gasteiger partial charge on any atom is 0.0637 e. The van der Waals surface area contributed by atoms with Gasteiger partial charge in [-0.2, -0.15) is 0 Å². The molecule has 0 bridgehead atoms. The molecule has 2 aliphatic rings. The van der Waals surface area contributed by atoms with Gasteiger partial charge in [-0.05, 0) is 30.4 Å². The highest BCUT2D eigenvalue weighted by molar-refractivity contribution is 6.42. The van der Waals surface area contributed by atoms with Gasteiger partial charge in [0.15, 0.2) is 0 Å². The van der Waals surface area contributed by atoms with Crippen LogP contribution < -0.4 is 5.32 Å². The number of halogens is 2. The van der Waals surface area contributed by atoms with Crippen molar-refractivity contribution in [2.45, 2.75) is 25.4 Å². The first kappa shape index (κ1) is 12.7. The molecule has 0 radical (unpaired) electrons. The topological polar surface area (TPSA) is 15.3 Å². The van der Waals surface area contributed by atoms with E-state index < -0.39 is 0 Å². The Morgan fingerprint density at radius 1 is 1.28 bits per heavy atom. The van der Waals surface area contributed by atoms with Crippen LogP contribution in [0.15, 0.2) is 18.2 Å². The van der Waals surface area contributed by atoms with Gasteiger partial charge < -0.3 is 5.32 Å². The third-order valence-corrected chi connectivity index (χ3v) is 4.76. The molecule has 1 aromatic carbocycles. The number of hydrogen-bond acceptors (Lipinski definition) is 2. The summed E-state index contributed by atoms with van der Waals surface area (Å²) < 4.78 is 0. The van der Waals surface area contributed by atoms with Crippen molar-refractivity contribution in [2.24, 2.45) is 5.92 Å². The summed E-state index contributed by atoms with van der Waals surface area (Å²) in [7, 11) is 0. The lowest BCUT2D eigenvalue weighted by molar-refractivity contribution is 0.181. The molecule has 0 aromatic heterocycles. The summed E-state index contributed by atoms with van der Waals surface area (Å²) >= 11 is 12.3. The van der Waals surface area contributed by atoms with Crippen molar-refractivity contribution in [3.63, 3.8) is 0 Å². The Morgan fingerprint density at radius 3 is 2.89 bits per heavy atom. The first-order valence-electron chi connectivity index (χ1n) is 6.62. The van der Waals surface area contributed by atoms with Crippen LogP contribution in [0, 0.1) is 5.92 Å². The van der Waals surface area contributed by atoms with Gasteiger partial charge >= 0.3 is 0 Å². The van der Waals surface area contributed by atoms with E-state index >= 15 is 0 Å². The van der Waals surface area contributed by atoms with E-state index in [2.05, 4.69) is 16.3 Å². The molecule has 1 aliphatic carbocycles. The van der Waals surface area contributed by atoms with Crippen LogP contribution in [0.5, 0.6) is 0 Å². The van der Waals surface area contributed by atoms with E-state index in [1.807, 2.05) is 12.1 Å². The average Bonchev–Trinajstić information content (AvgIpc) is 3.20. The molecule has 1 saturated heterocycles. The molecule has 1 aromatic rings. The summed E-state index contributed by atoms with van der Waals surface area (Å²) in [6, 6.07) is 6.57. The minimum atomic E-state index is 0.656. The predicted molar refractivity (Wildman–Crippen MR) is 76.3 cm³/mol. The summed E-state index contributed by atoms with van der Waals surface area (Å²) in [5.41, 5.74) is 1.14. The minimum absolute atomic E-state index is 0.656. The van der Waals surface area contributed by atoms with Gasteiger partial charge in [0, 0.05) is 32.2 Å². The number of piperazine rings is 1. The van der Waals surface area contributed by atoms with Crippen LogP contribution in [0.4, 0.5) is 0 Å². The van der Waals surface area contributed by atoms with Crippen LogP contribution in [0.2, 0.25) is 10.0 Å². The van der Waals surface area contributed by atoms with Gasteiger partial charge in [-0.3, -0.25) is 4.90 Å². The van der Waals surface area contributed by atoms with E-state index in [0.29, 0.717) is 16.1 Å². The zero-order chi connectivity index (χ0) is 12.5. The van der Waals surface area contributed by atoms with Gasteiger partial charge in [0.1, 0.15) is 0 Å². The lowest BCUT2D eigenvalue weighted by Gasteiger charge is -2.34. The van der Waals surface area contributed by atoms with Crippen molar-refractivity contribution in [3.05, 3.63) is 33.8 Å². The van der Waals surface area contributed by atoms with Crippen LogP contribution in [0.25, 0.3) is 0 Å². The molecular formula is C14H18Cl2N2. The Balaban J connectivity index is 1.66. The van der Waals surface area contributed by atoms with E-state index in [1.165, 1.54) is 12.8 Å². The third-order valence-electron chi connectivity index (χ3n) is 3.91. The molecular weight excluding hydrogens is 267 g/mol. The van der Waals surface area contributed by atoms with Crippen LogP contribution in [0.3, 0.4) is 0 Å². The molecule has 1 aliphatic heterocycles. The number of nitrogens with zero attached hydrogens (tertiary/aromatic N) is 1.